The number of hydrogen-bond donors (Lipinski definition) is 1. The Kier molecular flexibility index (Phi) is 4.74. The van der Waals surface area contributed by atoms with Crippen LogP contribution in [-0.4, -0.2) is 33.0 Å². The van der Waals surface area contributed by atoms with E-state index >= 15 is 0 Å². The van der Waals surface area contributed by atoms with E-state index in [-0.39, 0.29) is 5.75 Å². The smallest absolute Gasteiger partial charge is 0.315 e. The molecule has 1 rings (SSSR count). The largest absolute Gasteiger partial charge is 0.507 e. The number of benzene rings is 1. The van der Waals surface area contributed by atoms with Crippen LogP contribution in [0.4, 0.5) is 0 Å². The third kappa shape index (κ3) is 2.69. The SMILES string of the molecule is CCOC(OC)(OC)c1cc(OC)ccc1O. The van der Waals surface area contributed by atoms with Gasteiger partial charge in [0.15, 0.2) is 0 Å². The Balaban J connectivity index is 3.25. The molecule has 1 aromatic carbocycles. The first kappa shape index (κ1) is 13.8. The lowest BCUT2D eigenvalue weighted by molar-refractivity contribution is -0.373. The molecule has 0 aliphatic rings. The van der Waals surface area contributed by atoms with Crippen LogP contribution < -0.4 is 4.74 Å². The van der Waals surface area contributed by atoms with Gasteiger partial charge in [-0.3, -0.25) is 0 Å². The van der Waals surface area contributed by atoms with E-state index in [0.717, 1.165) is 0 Å². The van der Waals surface area contributed by atoms with Crippen LogP contribution in [0.1, 0.15) is 12.5 Å². The molecule has 0 aliphatic carbocycles. The van der Waals surface area contributed by atoms with Crippen molar-refractivity contribution in [3.8, 4) is 11.5 Å². The van der Waals surface area contributed by atoms with E-state index in [2.05, 4.69) is 0 Å². The number of phenols is 1. The molecule has 0 amide bonds. The molecule has 0 bridgehead atoms. The zero-order valence-electron chi connectivity index (χ0n) is 10.5. The Morgan fingerprint density at radius 3 is 2.29 bits per heavy atom. The quantitative estimate of drug-likeness (QED) is 0.771. The summed E-state index contributed by atoms with van der Waals surface area (Å²) in [5.74, 6) is -0.827. The first-order valence-corrected chi connectivity index (χ1v) is 5.25. The molecule has 5 nitrogen and oxygen atoms in total. The molecule has 0 fully saturated rings. The predicted octanol–water partition coefficient (Wildman–Crippen LogP) is 1.84. The van der Waals surface area contributed by atoms with Gasteiger partial charge in [-0.2, -0.15) is 0 Å². The lowest BCUT2D eigenvalue weighted by Crippen LogP contribution is -2.34. The molecular formula is C12H18O5. The molecule has 1 N–H and O–H groups in total. The molecule has 0 heterocycles. The second kappa shape index (κ2) is 5.86. The van der Waals surface area contributed by atoms with E-state index in [1.54, 1.807) is 12.1 Å². The molecule has 5 heteroatoms. The van der Waals surface area contributed by atoms with Crippen LogP contribution in [0.3, 0.4) is 0 Å². The zero-order chi connectivity index (χ0) is 12.9. The summed E-state index contributed by atoms with van der Waals surface area (Å²) in [5.41, 5.74) is 0.365. The topological polar surface area (TPSA) is 57.2 Å². The monoisotopic (exact) mass is 242 g/mol. The fraction of sp³-hybridized carbons (Fsp3) is 0.500. The van der Waals surface area contributed by atoms with Gasteiger partial charge in [-0.15, -0.1) is 0 Å². The fourth-order valence-electron chi connectivity index (χ4n) is 1.58. The second-order valence-corrected chi connectivity index (χ2v) is 3.28. The summed E-state index contributed by atoms with van der Waals surface area (Å²) in [6.45, 7) is 2.18. The third-order valence-electron chi connectivity index (χ3n) is 2.41. The molecule has 96 valence electrons. The van der Waals surface area contributed by atoms with E-state index in [1.165, 1.54) is 27.4 Å². The summed E-state index contributed by atoms with van der Waals surface area (Å²) in [6.07, 6.45) is 0. The molecule has 1 aromatic rings. The number of phenolic OH excluding ortho intramolecular Hbond substituents is 1. The number of hydrogen-bond acceptors (Lipinski definition) is 5. The Hall–Kier alpha value is -1.30. The highest BCUT2D eigenvalue weighted by Crippen LogP contribution is 2.36. The van der Waals surface area contributed by atoms with E-state index < -0.39 is 5.97 Å². The Morgan fingerprint density at radius 2 is 1.82 bits per heavy atom. The summed E-state index contributed by atoms with van der Waals surface area (Å²) >= 11 is 0. The van der Waals surface area contributed by atoms with Crippen molar-refractivity contribution in [3.63, 3.8) is 0 Å². The highest BCUT2D eigenvalue weighted by molar-refractivity contribution is 5.41. The van der Waals surface area contributed by atoms with Crippen LogP contribution in [-0.2, 0) is 20.2 Å². The number of methoxy groups -OCH3 is 3. The first-order chi connectivity index (χ1) is 8.13. The van der Waals surface area contributed by atoms with E-state index in [0.29, 0.717) is 17.9 Å². The van der Waals surface area contributed by atoms with Crippen molar-refractivity contribution in [3.05, 3.63) is 23.8 Å². The molecular weight excluding hydrogens is 224 g/mol. The molecule has 0 aromatic heterocycles. The molecule has 0 unspecified atom stereocenters. The molecule has 0 spiro atoms. The summed E-state index contributed by atoms with van der Waals surface area (Å²) < 4.78 is 21.0. The Labute approximate surface area is 101 Å². The number of ether oxygens (including phenoxy) is 4. The lowest BCUT2D eigenvalue weighted by atomic mass is 10.1. The van der Waals surface area contributed by atoms with E-state index in [4.69, 9.17) is 18.9 Å². The van der Waals surface area contributed by atoms with Crippen molar-refractivity contribution in [1.82, 2.24) is 0 Å². The standard InChI is InChI=1S/C12H18O5/c1-5-17-12(15-3,16-4)10-8-9(14-2)6-7-11(10)13/h6-8,13H,5H2,1-4H3. The van der Waals surface area contributed by atoms with Crippen molar-refractivity contribution in [2.45, 2.75) is 12.9 Å². The van der Waals surface area contributed by atoms with Gasteiger partial charge in [-0.25, -0.2) is 0 Å². The van der Waals surface area contributed by atoms with Gasteiger partial charge >= 0.3 is 5.97 Å². The second-order valence-electron chi connectivity index (χ2n) is 3.28. The molecule has 0 saturated heterocycles. The van der Waals surface area contributed by atoms with Crippen molar-refractivity contribution in [1.29, 1.82) is 0 Å². The minimum Gasteiger partial charge on any atom is -0.507 e. The van der Waals surface area contributed by atoms with Crippen molar-refractivity contribution in [2.75, 3.05) is 27.9 Å². The number of rotatable bonds is 6. The molecule has 0 radical (unpaired) electrons. The molecule has 0 saturated carbocycles. The third-order valence-corrected chi connectivity index (χ3v) is 2.41. The lowest BCUT2D eigenvalue weighted by Gasteiger charge is -2.30. The maximum Gasteiger partial charge on any atom is 0.315 e. The highest BCUT2D eigenvalue weighted by Gasteiger charge is 2.36. The minimum absolute atomic E-state index is 0.0166. The van der Waals surface area contributed by atoms with Gasteiger partial charge < -0.3 is 24.1 Å². The maximum atomic E-state index is 9.86. The van der Waals surface area contributed by atoms with Crippen LogP contribution in [0.5, 0.6) is 11.5 Å². The summed E-state index contributed by atoms with van der Waals surface area (Å²) in [6, 6.07) is 4.75. The summed E-state index contributed by atoms with van der Waals surface area (Å²) in [7, 11) is 4.42. The van der Waals surface area contributed by atoms with Crippen LogP contribution in [0.25, 0.3) is 0 Å². The highest BCUT2D eigenvalue weighted by atomic mass is 16.9. The van der Waals surface area contributed by atoms with Gasteiger partial charge in [0.25, 0.3) is 0 Å². The van der Waals surface area contributed by atoms with Gasteiger partial charge in [0, 0.05) is 20.8 Å². The van der Waals surface area contributed by atoms with Gasteiger partial charge in [-0.05, 0) is 25.1 Å². The number of aromatic hydroxyl groups is 1. The van der Waals surface area contributed by atoms with Crippen LogP contribution >= 0.6 is 0 Å². The van der Waals surface area contributed by atoms with Crippen molar-refractivity contribution in [2.24, 2.45) is 0 Å². The summed E-state index contributed by atoms with van der Waals surface area (Å²) in [4.78, 5) is 0. The van der Waals surface area contributed by atoms with Crippen LogP contribution in [0, 0.1) is 0 Å². The van der Waals surface area contributed by atoms with Gasteiger partial charge in [-0.1, -0.05) is 0 Å². The zero-order valence-corrected chi connectivity index (χ0v) is 10.5. The molecule has 0 atom stereocenters. The molecule has 17 heavy (non-hydrogen) atoms. The first-order valence-electron chi connectivity index (χ1n) is 5.25. The summed E-state index contributed by atoms with van der Waals surface area (Å²) in [5, 5.41) is 9.86. The van der Waals surface area contributed by atoms with E-state index in [9.17, 15) is 5.11 Å². The maximum absolute atomic E-state index is 9.86. The fourth-order valence-corrected chi connectivity index (χ4v) is 1.58. The molecule has 0 aliphatic heterocycles. The Morgan fingerprint density at radius 1 is 1.18 bits per heavy atom. The van der Waals surface area contributed by atoms with Crippen LogP contribution in [0.2, 0.25) is 0 Å². The average molecular weight is 242 g/mol. The van der Waals surface area contributed by atoms with Crippen molar-refractivity contribution < 1.29 is 24.1 Å². The van der Waals surface area contributed by atoms with Gasteiger partial charge in [0.2, 0.25) is 0 Å². The van der Waals surface area contributed by atoms with Crippen LogP contribution in [0.15, 0.2) is 18.2 Å². The normalized spacial score (nSPS) is 11.5. The minimum atomic E-state index is -1.42. The van der Waals surface area contributed by atoms with Gasteiger partial charge in [0.1, 0.15) is 11.5 Å². The average Bonchev–Trinajstić information content (AvgIpc) is 2.37. The van der Waals surface area contributed by atoms with Crippen molar-refractivity contribution >= 4 is 0 Å². The van der Waals surface area contributed by atoms with Gasteiger partial charge in [0.05, 0.1) is 12.7 Å². The predicted molar refractivity (Wildman–Crippen MR) is 62.0 cm³/mol. The van der Waals surface area contributed by atoms with E-state index in [1.807, 2.05) is 6.92 Å². The Bertz CT molecular complexity index is 360.